The summed E-state index contributed by atoms with van der Waals surface area (Å²) in [5.41, 5.74) is 1.28. The summed E-state index contributed by atoms with van der Waals surface area (Å²) >= 11 is 3.24. The Morgan fingerprint density at radius 3 is 3.00 bits per heavy atom. The fraction of sp³-hybridized carbons (Fsp3) is 0.333. The Kier molecular flexibility index (Phi) is 3.13. The average Bonchev–Trinajstić information content (AvgIpc) is 3.06. The third kappa shape index (κ3) is 2.44. The molecule has 0 bridgehead atoms. The Morgan fingerprint density at radius 1 is 1.44 bits per heavy atom. The van der Waals surface area contributed by atoms with Crippen molar-refractivity contribution in [1.82, 2.24) is 20.3 Å². The first-order chi connectivity index (χ1) is 8.74. The maximum Gasteiger partial charge on any atom is 0.150 e. The van der Waals surface area contributed by atoms with Crippen LogP contribution < -0.4 is 5.32 Å². The first-order valence-corrected chi connectivity index (χ1v) is 6.62. The molecule has 1 saturated carbocycles. The Labute approximate surface area is 112 Å². The molecule has 0 amide bonds. The first kappa shape index (κ1) is 11.8. The van der Waals surface area contributed by atoms with Crippen LogP contribution >= 0.6 is 15.9 Å². The fourth-order valence-corrected chi connectivity index (χ4v) is 2.10. The van der Waals surface area contributed by atoms with E-state index < -0.39 is 0 Å². The fourth-order valence-electron chi connectivity index (χ4n) is 1.77. The highest BCUT2D eigenvalue weighted by molar-refractivity contribution is 9.10. The van der Waals surface area contributed by atoms with Crippen LogP contribution in [0.25, 0.3) is 5.69 Å². The van der Waals surface area contributed by atoms with Crippen molar-refractivity contribution in [1.29, 1.82) is 0 Å². The molecule has 1 N–H and O–H groups in total. The van der Waals surface area contributed by atoms with Crippen LogP contribution in [0.1, 0.15) is 18.5 Å². The zero-order valence-corrected chi connectivity index (χ0v) is 11.2. The molecule has 18 heavy (non-hydrogen) atoms. The van der Waals surface area contributed by atoms with Crippen LogP contribution in [0.3, 0.4) is 0 Å². The molecule has 6 heteroatoms. The molecule has 0 atom stereocenters. The van der Waals surface area contributed by atoms with Gasteiger partial charge in [0, 0.05) is 17.1 Å². The van der Waals surface area contributed by atoms with Crippen molar-refractivity contribution >= 4 is 15.9 Å². The SMILES string of the molecule is Fc1cc(Br)ccc1-n1nncc1CNC1CC1. The summed E-state index contributed by atoms with van der Waals surface area (Å²) in [6.45, 7) is 0.660. The predicted molar refractivity (Wildman–Crippen MR) is 68.9 cm³/mol. The Balaban J connectivity index is 1.88. The second-order valence-electron chi connectivity index (χ2n) is 4.39. The van der Waals surface area contributed by atoms with Gasteiger partial charge in [0.15, 0.2) is 0 Å². The Hall–Kier alpha value is -1.27. The van der Waals surface area contributed by atoms with Gasteiger partial charge in [-0.3, -0.25) is 0 Å². The maximum absolute atomic E-state index is 13.9. The minimum absolute atomic E-state index is 0.317. The Morgan fingerprint density at radius 2 is 2.28 bits per heavy atom. The van der Waals surface area contributed by atoms with Crippen LogP contribution in [0, 0.1) is 5.82 Å². The van der Waals surface area contributed by atoms with Gasteiger partial charge in [0.2, 0.25) is 0 Å². The van der Waals surface area contributed by atoms with Gasteiger partial charge in [-0.2, -0.15) is 0 Å². The van der Waals surface area contributed by atoms with E-state index in [-0.39, 0.29) is 5.82 Å². The predicted octanol–water partition coefficient (Wildman–Crippen LogP) is 2.42. The molecule has 3 rings (SSSR count). The number of hydrogen-bond acceptors (Lipinski definition) is 3. The lowest BCUT2D eigenvalue weighted by Crippen LogP contribution is -2.18. The molecule has 0 spiro atoms. The van der Waals surface area contributed by atoms with Gasteiger partial charge >= 0.3 is 0 Å². The smallest absolute Gasteiger partial charge is 0.150 e. The van der Waals surface area contributed by atoms with E-state index in [4.69, 9.17) is 0 Å². The van der Waals surface area contributed by atoms with E-state index in [0.29, 0.717) is 22.7 Å². The van der Waals surface area contributed by atoms with E-state index in [1.807, 2.05) is 0 Å². The van der Waals surface area contributed by atoms with Crippen LogP contribution in [-0.4, -0.2) is 21.0 Å². The van der Waals surface area contributed by atoms with E-state index in [0.717, 1.165) is 5.69 Å². The molecule has 0 aliphatic heterocycles. The lowest BCUT2D eigenvalue weighted by molar-refractivity contribution is 0.591. The summed E-state index contributed by atoms with van der Waals surface area (Å²) in [5, 5.41) is 11.2. The third-order valence-corrected chi connectivity index (χ3v) is 3.40. The summed E-state index contributed by atoms with van der Waals surface area (Å²) < 4.78 is 16.1. The molecule has 4 nitrogen and oxygen atoms in total. The van der Waals surface area contributed by atoms with Crippen molar-refractivity contribution in [3.8, 4) is 5.69 Å². The summed E-state index contributed by atoms with van der Waals surface area (Å²) in [7, 11) is 0. The highest BCUT2D eigenvalue weighted by Crippen LogP contribution is 2.21. The second-order valence-corrected chi connectivity index (χ2v) is 5.30. The summed E-state index contributed by atoms with van der Waals surface area (Å²) in [5.74, 6) is -0.317. The molecular formula is C12H12BrFN4. The van der Waals surface area contributed by atoms with E-state index in [2.05, 4.69) is 31.6 Å². The van der Waals surface area contributed by atoms with Crippen molar-refractivity contribution in [2.75, 3.05) is 0 Å². The molecule has 2 aromatic rings. The highest BCUT2D eigenvalue weighted by Gasteiger charge is 2.21. The summed E-state index contributed by atoms with van der Waals surface area (Å²) in [4.78, 5) is 0. The van der Waals surface area contributed by atoms with Crippen molar-refractivity contribution in [3.05, 3.63) is 40.4 Å². The van der Waals surface area contributed by atoms with Crippen LogP contribution in [0.2, 0.25) is 0 Å². The third-order valence-electron chi connectivity index (χ3n) is 2.91. The lowest BCUT2D eigenvalue weighted by atomic mass is 10.3. The van der Waals surface area contributed by atoms with Gasteiger partial charge in [0.05, 0.1) is 11.9 Å². The van der Waals surface area contributed by atoms with Gasteiger partial charge in [-0.1, -0.05) is 21.1 Å². The number of hydrogen-bond donors (Lipinski definition) is 1. The lowest BCUT2D eigenvalue weighted by Gasteiger charge is -2.08. The van der Waals surface area contributed by atoms with Gasteiger partial charge < -0.3 is 5.32 Å². The second kappa shape index (κ2) is 4.78. The molecule has 1 aromatic carbocycles. The number of rotatable bonds is 4. The van der Waals surface area contributed by atoms with Gasteiger partial charge in [0.1, 0.15) is 11.5 Å². The topological polar surface area (TPSA) is 42.7 Å². The standard InChI is InChI=1S/C12H12BrFN4/c13-8-1-4-12(11(14)5-8)18-10(7-16-17-18)6-15-9-2-3-9/h1,4-5,7,9,15H,2-3,6H2. The molecule has 1 aliphatic carbocycles. The number of aromatic nitrogens is 3. The van der Waals surface area contributed by atoms with Crippen molar-refractivity contribution < 1.29 is 4.39 Å². The molecule has 0 radical (unpaired) electrons. The zero-order valence-electron chi connectivity index (χ0n) is 9.61. The number of benzene rings is 1. The van der Waals surface area contributed by atoms with E-state index in [9.17, 15) is 4.39 Å². The van der Waals surface area contributed by atoms with Crippen LogP contribution in [0.5, 0.6) is 0 Å². The van der Waals surface area contributed by atoms with Gasteiger partial charge in [-0.05, 0) is 31.0 Å². The maximum atomic E-state index is 13.9. The number of halogens is 2. The molecule has 1 aliphatic rings. The molecule has 1 aromatic heterocycles. The van der Waals surface area contributed by atoms with Crippen LogP contribution in [0.4, 0.5) is 4.39 Å². The van der Waals surface area contributed by atoms with Gasteiger partial charge in [-0.25, -0.2) is 9.07 Å². The zero-order chi connectivity index (χ0) is 12.5. The van der Waals surface area contributed by atoms with E-state index >= 15 is 0 Å². The largest absolute Gasteiger partial charge is 0.308 e. The monoisotopic (exact) mass is 310 g/mol. The molecule has 1 fully saturated rings. The molecule has 94 valence electrons. The van der Waals surface area contributed by atoms with Gasteiger partial charge in [0.25, 0.3) is 0 Å². The Bertz CT molecular complexity index is 565. The molecular weight excluding hydrogens is 299 g/mol. The quantitative estimate of drug-likeness (QED) is 0.943. The van der Waals surface area contributed by atoms with Gasteiger partial charge in [-0.15, -0.1) is 5.10 Å². The molecule has 1 heterocycles. The summed E-state index contributed by atoms with van der Waals surface area (Å²) in [6, 6.07) is 5.50. The van der Waals surface area contributed by atoms with Crippen molar-refractivity contribution in [2.45, 2.75) is 25.4 Å². The number of nitrogens with one attached hydrogen (secondary N) is 1. The minimum atomic E-state index is -0.317. The van der Waals surface area contributed by atoms with E-state index in [1.165, 1.54) is 23.6 Å². The van der Waals surface area contributed by atoms with Crippen LogP contribution in [-0.2, 0) is 6.54 Å². The molecule has 0 unspecified atom stereocenters. The molecule has 0 saturated heterocycles. The highest BCUT2D eigenvalue weighted by atomic mass is 79.9. The number of nitrogens with zero attached hydrogens (tertiary/aromatic N) is 3. The first-order valence-electron chi connectivity index (χ1n) is 5.82. The summed E-state index contributed by atoms with van der Waals surface area (Å²) in [6.07, 6.45) is 4.10. The average molecular weight is 311 g/mol. The van der Waals surface area contributed by atoms with E-state index in [1.54, 1.807) is 18.3 Å². The van der Waals surface area contributed by atoms with Crippen molar-refractivity contribution in [2.24, 2.45) is 0 Å². The van der Waals surface area contributed by atoms with Crippen molar-refractivity contribution in [3.63, 3.8) is 0 Å². The normalized spacial score (nSPS) is 15.0. The van der Waals surface area contributed by atoms with Crippen LogP contribution in [0.15, 0.2) is 28.9 Å². The minimum Gasteiger partial charge on any atom is -0.308 e.